The average molecular weight is 427 g/mol. The molecule has 2 N–H and O–H groups in total. The number of aromatic nitrogens is 2. The predicted octanol–water partition coefficient (Wildman–Crippen LogP) is 5.83. The van der Waals surface area contributed by atoms with Crippen molar-refractivity contribution in [1.29, 1.82) is 0 Å². The van der Waals surface area contributed by atoms with Crippen LogP contribution in [0.25, 0.3) is 5.69 Å². The van der Waals surface area contributed by atoms with Gasteiger partial charge in [0.1, 0.15) is 16.5 Å². The summed E-state index contributed by atoms with van der Waals surface area (Å²) in [5.74, 6) is 0.0718. The van der Waals surface area contributed by atoms with Gasteiger partial charge in [0.2, 0.25) is 0 Å². The zero-order valence-corrected chi connectivity index (χ0v) is 17.5. The Labute approximate surface area is 180 Å². The molecular weight excluding hydrogens is 403 g/mol. The quantitative estimate of drug-likeness (QED) is 0.521. The highest BCUT2D eigenvalue weighted by atomic mass is 35.5. The number of benzene rings is 2. The number of halogens is 2. The maximum Gasteiger partial charge on any atom is 0.260 e. The van der Waals surface area contributed by atoms with Gasteiger partial charge in [0, 0.05) is 17.9 Å². The molecule has 3 aromatic rings. The SMILES string of the molecule is Cc1nn(-c2ccc(F)cc2)c(Cl)c1C(=O)Nc1ccc(NCC2CCCC2)cc1. The van der Waals surface area contributed by atoms with E-state index < -0.39 is 0 Å². The first-order valence-electron chi connectivity index (χ1n) is 10.2. The first-order valence-corrected chi connectivity index (χ1v) is 10.6. The Balaban J connectivity index is 1.44. The Morgan fingerprint density at radius 2 is 1.73 bits per heavy atom. The maximum absolute atomic E-state index is 13.2. The lowest BCUT2D eigenvalue weighted by atomic mass is 10.1. The van der Waals surface area contributed by atoms with Gasteiger partial charge in [-0.2, -0.15) is 5.10 Å². The minimum Gasteiger partial charge on any atom is -0.385 e. The Hall–Kier alpha value is -2.86. The highest BCUT2D eigenvalue weighted by molar-refractivity contribution is 6.34. The lowest BCUT2D eigenvalue weighted by molar-refractivity contribution is 0.102. The number of anilines is 2. The first kappa shape index (κ1) is 20.4. The van der Waals surface area contributed by atoms with Crippen LogP contribution in [0.5, 0.6) is 0 Å². The van der Waals surface area contributed by atoms with Gasteiger partial charge in [-0.15, -0.1) is 0 Å². The van der Waals surface area contributed by atoms with Crippen molar-refractivity contribution in [3.05, 3.63) is 70.8 Å². The van der Waals surface area contributed by atoms with E-state index in [0.717, 1.165) is 18.2 Å². The fourth-order valence-corrected chi connectivity index (χ4v) is 4.21. The van der Waals surface area contributed by atoms with Crippen molar-refractivity contribution in [3.63, 3.8) is 0 Å². The molecule has 7 heteroatoms. The zero-order valence-electron chi connectivity index (χ0n) is 16.8. The molecule has 1 aliphatic carbocycles. The summed E-state index contributed by atoms with van der Waals surface area (Å²) in [4.78, 5) is 12.8. The van der Waals surface area contributed by atoms with Crippen LogP contribution in [-0.4, -0.2) is 22.2 Å². The predicted molar refractivity (Wildman–Crippen MR) is 118 cm³/mol. The van der Waals surface area contributed by atoms with Crippen molar-refractivity contribution in [2.75, 3.05) is 17.2 Å². The van der Waals surface area contributed by atoms with E-state index in [2.05, 4.69) is 15.7 Å². The molecule has 1 heterocycles. The number of rotatable bonds is 6. The molecule has 5 nitrogen and oxygen atoms in total. The van der Waals surface area contributed by atoms with E-state index in [0.29, 0.717) is 22.6 Å². The topological polar surface area (TPSA) is 59.0 Å². The standard InChI is InChI=1S/C23H24ClFN4O/c1-15-21(22(24)29(28-15)20-12-6-17(25)7-13-20)23(30)27-19-10-8-18(9-11-19)26-14-16-4-2-3-5-16/h6-13,16,26H,2-5,14H2,1H3,(H,27,30). The van der Waals surface area contributed by atoms with Gasteiger partial charge in [0.25, 0.3) is 5.91 Å². The molecule has 0 aliphatic heterocycles. The molecule has 0 spiro atoms. The van der Waals surface area contributed by atoms with Gasteiger partial charge in [0.15, 0.2) is 0 Å². The first-order chi connectivity index (χ1) is 14.5. The van der Waals surface area contributed by atoms with Crippen LogP contribution < -0.4 is 10.6 Å². The van der Waals surface area contributed by atoms with Gasteiger partial charge < -0.3 is 10.6 Å². The molecule has 1 fully saturated rings. The summed E-state index contributed by atoms with van der Waals surface area (Å²) in [6, 6.07) is 13.4. The Morgan fingerprint density at radius 3 is 2.40 bits per heavy atom. The number of nitrogens with zero attached hydrogens (tertiary/aromatic N) is 2. The molecule has 1 amide bonds. The van der Waals surface area contributed by atoms with E-state index in [1.54, 1.807) is 19.1 Å². The fourth-order valence-electron chi connectivity index (χ4n) is 3.85. The zero-order chi connectivity index (χ0) is 21.1. The minimum absolute atomic E-state index is 0.187. The van der Waals surface area contributed by atoms with Crippen molar-refractivity contribution >= 4 is 28.9 Å². The van der Waals surface area contributed by atoms with E-state index in [9.17, 15) is 9.18 Å². The van der Waals surface area contributed by atoms with E-state index in [1.807, 2.05) is 24.3 Å². The lowest BCUT2D eigenvalue weighted by Gasteiger charge is -2.12. The molecule has 30 heavy (non-hydrogen) atoms. The molecule has 2 aromatic carbocycles. The summed E-state index contributed by atoms with van der Waals surface area (Å²) >= 11 is 6.43. The molecular formula is C23H24ClFN4O. The minimum atomic E-state index is -0.349. The molecule has 1 saturated carbocycles. The van der Waals surface area contributed by atoms with E-state index in [1.165, 1.54) is 42.5 Å². The van der Waals surface area contributed by atoms with Crippen molar-refractivity contribution in [2.45, 2.75) is 32.6 Å². The largest absolute Gasteiger partial charge is 0.385 e. The molecule has 0 saturated heterocycles. The fraction of sp³-hybridized carbons (Fsp3) is 0.304. The summed E-state index contributed by atoms with van der Waals surface area (Å²) in [6.45, 7) is 2.71. The van der Waals surface area contributed by atoms with Crippen LogP contribution in [-0.2, 0) is 0 Å². The van der Waals surface area contributed by atoms with Crippen molar-refractivity contribution < 1.29 is 9.18 Å². The second kappa shape index (κ2) is 8.88. The van der Waals surface area contributed by atoms with Crippen molar-refractivity contribution in [3.8, 4) is 5.69 Å². The third kappa shape index (κ3) is 4.49. The lowest BCUT2D eigenvalue weighted by Crippen LogP contribution is -2.13. The van der Waals surface area contributed by atoms with Crippen LogP contribution >= 0.6 is 11.6 Å². The van der Waals surface area contributed by atoms with E-state index in [-0.39, 0.29) is 16.9 Å². The second-order valence-electron chi connectivity index (χ2n) is 7.70. The monoisotopic (exact) mass is 426 g/mol. The van der Waals surface area contributed by atoms with E-state index >= 15 is 0 Å². The van der Waals surface area contributed by atoms with Crippen LogP contribution in [0, 0.1) is 18.7 Å². The third-order valence-corrected chi connectivity index (χ3v) is 5.86. The Morgan fingerprint density at radius 1 is 1.10 bits per heavy atom. The smallest absolute Gasteiger partial charge is 0.260 e. The molecule has 0 atom stereocenters. The van der Waals surface area contributed by atoms with E-state index in [4.69, 9.17) is 11.6 Å². The molecule has 0 unspecified atom stereocenters. The molecule has 1 aliphatic rings. The van der Waals surface area contributed by atoms with Gasteiger partial charge >= 0.3 is 0 Å². The number of amides is 1. The third-order valence-electron chi connectivity index (χ3n) is 5.51. The second-order valence-corrected chi connectivity index (χ2v) is 8.06. The molecule has 4 rings (SSSR count). The van der Waals surface area contributed by atoms with Gasteiger partial charge in [0.05, 0.1) is 11.4 Å². The maximum atomic E-state index is 13.2. The Bertz CT molecular complexity index is 1020. The highest BCUT2D eigenvalue weighted by Gasteiger charge is 2.21. The summed E-state index contributed by atoms with van der Waals surface area (Å²) in [5, 5.41) is 10.9. The molecule has 0 radical (unpaired) electrons. The van der Waals surface area contributed by atoms with Gasteiger partial charge in [-0.1, -0.05) is 24.4 Å². The van der Waals surface area contributed by atoms with Crippen LogP contribution in [0.15, 0.2) is 48.5 Å². The number of aryl methyl sites for hydroxylation is 1. The number of hydrogen-bond acceptors (Lipinski definition) is 3. The summed E-state index contributed by atoms with van der Waals surface area (Å²) in [6.07, 6.45) is 5.26. The van der Waals surface area contributed by atoms with Gasteiger partial charge in [-0.3, -0.25) is 4.79 Å². The van der Waals surface area contributed by atoms with Crippen LogP contribution in [0.4, 0.5) is 15.8 Å². The van der Waals surface area contributed by atoms with Gasteiger partial charge in [-0.05, 0) is 74.2 Å². The number of carbonyl (C=O) groups excluding carboxylic acids is 1. The molecule has 1 aromatic heterocycles. The van der Waals surface area contributed by atoms with Crippen molar-refractivity contribution in [1.82, 2.24) is 9.78 Å². The molecule has 156 valence electrons. The average Bonchev–Trinajstić information content (AvgIpc) is 3.36. The van der Waals surface area contributed by atoms with Crippen molar-refractivity contribution in [2.24, 2.45) is 5.92 Å². The van der Waals surface area contributed by atoms with Gasteiger partial charge in [-0.25, -0.2) is 9.07 Å². The van der Waals surface area contributed by atoms with Crippen LogP contribution in [0.1, 0.15) is 41.7 Å². The van der Waals surface area contributed by atoms with Crippen LogP contribution in [0.3, 0.4) is 0 Å². The summed E-state index contributed by atoms with van der Waals surface area (Å²) in [7, 11) is 0. The number of hydrogen-bond donors (Lipinski definition) is 2. The normalized spacial score (nSPS) is 14.1. The number of nitrogens with one attached hydrogen (secondary N) is 2. The summed E-state index contributed by atoms with van der Waals surface area (Å²) < 4.78 is 14.6. The Kier molecular flexibility index (Phi) is 6.04. The summed E-state index contributed by atoms with van der Waals surface area (Å²) in [5.41, 5.74) is 3.09. The number of carbonyl (C=O) groups is 1. The molecule has 0 bridgehead atoms. The van der Waals surface area contributed by atoms with Crippen LogP contribution in [0.2, 0.25) is 5.15 Å². The highest BCUT2D eigenvalue weighted by Crippen LogP contribution is 2.26.